The first-order valence-corrected chi connectivity index (χ1v) is 7.28. The van der Waals surface area contributed by atoms with E-state index in [1.807, 2.05) is 19.9 Å². The molecule has 116 valence electrons. The molecule has 6 heteroatoms. The van der Waals surface area contributed by atoms with Gasteiger partial charge in [-0.05, 0) is 38.1 Å². The average molecular weight is 313 g/mol. The van der Waals surface area contributed by atoms with E-state index in [-0.39, 0.29) is 25.0 Å². The summed E-state index contributed by atoms with van der Waals surface area (Å²) < 4.78 is 4.87. The van der Waals surface area contributed by atoms with Gasteiger partial charge in [0.1, 0.15) is 0 Å². The Balaban J connectivity index is 2.56. The van der Waals surface area contributed by atoms with Crippen LogP contribution in [0.4, 0.5) is 5.69 Å². The fraction of sp³-hybridized carbons (Fsp3) is 0.467. The summed E-state index contributed by atoms with van der Waals surface area (Å²) in [4.78, 5) is 25.1. The Bertz CT molecular complexity index is 506. The predicted molar refractivity (Wildman–Crippen MR) is 83.6 cm³/mol. The summed E-state index contributed by atoms with van der Waals surface area (Å²) >= 11 is 6.07. The molecule has 0 fully saturated rings. The van der Waals surface area contributed by atoms with E-state index in [4.69, 9.17) is 16.3 Å². The second kappa shape index (κ2) is 8.64. The highest BCUT2D eigenvalue weighted by molar-refractivity contribution is 6.33. The Hall–Kier alpha value is -1.59. The van der Waals surface area contributed by atoms with E-state index in [0.717, 1.165) is 5.56 Å². The molecule has 0 aromatic heterocycles. The second-order valence-electron chi connectivity index (χ2n) is 4.64. The topological polar surface area (TPSA) is 58.6 Å². The van der Waals surface area contributed by atoms with E-state index >= 15 is 0 Å². The lowest BCUT2D eigenvalue weighted by Gasteiger charge is -2.19. The van der Waals surface area contributed by atoms with Crippen molar-refractivity contribution in [2.45, 2.75) is 20.8 Å². The number of nitrogens with one attached hydrogen (secondary N) is 1. The van der Waals surface area contributed by atoms with E-state index in [0.29, 0.717) is 23.9 Å². The van der Waals surface area contributed by atoms with Crippen LogP contribution in [0.2, 0.25) is 5.02 Å². The fourth-order valence-electron chi connectivity index (χ4n) is 1.78. The number of rotatable bonds is 7. The summed E-state index contributed by atoms with van der Waals surface area (Å²) in [5.41, 5.74) is 1.59. The van der Waals surface area contributed by atoms with Gasteiger partial charge in [-0.15, -0.1) is 0 Å². The second-order valence-corrected chi connectivity index (χ2v) is 5.05. The fourth-order valence-corrected chi connectivity index (χ4v) is 2.07. The van der Waals surface area contributed by atoms with Gasteiger partial charge >= 0.3 is 5.97 Å². The molecular weight excluding hydrogens is 292 g/mol. The molecule has 0 saturated heterocycles. The van der Waals surface area contributed by atoms with Crippen LogP contribution in [0.3, 0.4) is 0 Å². The molecule has 0 spiro atoms. The third-order valence-corrected chi connectivity index (χ3v) is 3.18. The number of aryl methyl sites for hydroxylation is 1. The number of benzene rings is 1. The molecule has 0 heterocycles. The van der Waals surface area contributed by atoms with Crippen molar-refractivity contribution in [3.05, 3.63) is 28.8 Å². The van der Waals surface area contributed by atoms with Crippen LogP contribution in [0, 0.1) is 6.92 Å². The molecule has 1 aromatic rings. The summed E-state index contributed by atoms with van der Waals surface area (Å²) in [6.45, 7) is 6.68. The first-order chi connectivity index (χ1) is 9.96. The van der Waals surface area contributed by atoms with Crippen molar-refractivity contribution < 1.29 is 14.3 Å². The number of carbonyl (C=O) groups is 2. The smallest absolute Gasteiger partial charge is 0.320 e. The number of amides is 1. The van der Waals surface area contributed by atoms with Gasteiger partial charge in [0.05, 0.1) is 30.4 Å². The molecular formula is C15H21ClN2O3. The van der Waals surface area contributed by atoms with Crippen molar-refractivity contribution in [2.24, 2.45) is 0 Å². The molecule has 1 rings (SSSR count). The lowest BCUT2D eigenvalue weighted by Crippen LogP contribution is -2.37. The van der Waals surface area contributed by atoms with Gasteiger partial charge < -0.3 is 10.1 Å². The number of anilines is 1. The van der Waals surface area contributed by atoms with Gasteiger partial charge in [0.15, 0.2) is 0 Å². The molecule has 0 aliphatic carbocycles. The maximum atomic E-state index is 12.0. The van der Waals surface area contributed by atoms with Crippen LogP contribution in [-0.2, 0) is 14.3 Å². The van der Waals surface area contributed by atoms with Gasteiger partial charge in [0.2, 0.25) is 5.91 Å². The quantitative estimate of drug-likeness (QED) is 0.786. The monoisotopic (exact) mass is 312 g/mol. The highest BCUT2D eigenvalue weighted by Gasteiger charge is 2.14. The molecule has 1 aromatic carbocycles. The van der Waals surface area contributed by atoms with Crippen molar-refractivity contribution in [3.8, 4) is 0 Å². The zero-order chi connectivity index (χ0) is 15.8. The third kappa shape index (κ3) is 6.14. The Morgan fingerprint density at radius 2 is 2.00 bits per heavy atom. The average Bonchev–Trinajstić information content (AvgIpc) is 2.41. The zero-order valence-electron chi connectivity index (χ0n) is 12.6. The molecule has 5 nitrogen and oxygen atoms in total. The number of hydrogen-bond donors (Lipinski definition) is 1. The molecule has 21 heavy (non-hydrogen) atoms. The standard InChI is InChI=1S/C15H21ClN2O3/c1-4-18(10-15(20)21-5-2)9-14(19)17-13-7-6-11(3)8-12(13)16/h6-8H,4-5,9-10H2,1-3H3,(H,17,19). The van der Waals surface area contributed by atoms with E-state index in [2.05, 4.69) is 5.32 Å². The van der Waals surface area contributed by atoms with Crippen molar-refractivity contribution in [1.82, 2.24) is 4.90 Å². The van der Waals surface area contributed by atoms with Crippen LogP contribution >= 0.6 is 11.6 Å². The Morgan fingerprint density at radius 1 is 1.29 bits per heavy atom. The molecule has 0 radical (unpaired) electrons. The maximum absolute atomic E-state index is 12.0. The molecule has 0 aliphatic heterocycles. The van der Waals surface area contributed by atoms with Gasteiger partial charge in [0.25, 0.3) is 0 Å². The summed E-state index contributed by atoms with van der Waals surface area (Å²) in [5, 5.41) is 3.24. The number of hydrogen-bond acceptors (Lipinski definition) is 4. The molecule has 1 amide bonds. The summed E-state index contributed by atoms with van der Waals surface area (Å²) in [5.74, 6) is -0.549. The van der Waals surface area contributed by atoms with Crippen LogP contribution in [0.1, 0.15) is 19.4 Å². The minimum absolute atomic E-state index is 0.0966. The minimum atomic E-state index is -0.333. The maximum Gasteiger partial charge on any atom is 0.320 e. The van der Waals surface area contributed by atoms with Crippen molar-refractivity contribution >= 4 is 29.2 Å². The Labute approximate surface area is 130 Å². The first kappa shape index (κ1) is 17.5. The van der Waals surface area contributed by atoms with Gasteiger partial charge in [-0.3, -0.25) is 14.5 Å². The highest BCUT2D eigenvalue weighted by Crippen LogP contribution is 2.22. The number of ether oxygens (including phenoxy) is 1. The lowest BCUT2D eigenvalue weighted by atomic mass is 10.2. The predicted octanol–water partition coefficient (Wildman–Crippen LogP) is 2.47. The van der Waals surface area contributed by atoms with E-state index in [1.165, 1.54) is 0 Å². The molecule has 0 aliphatic rings. The largest absolute Gasteiger partial charge is 0.465 e. The molecule has 0 atom stereocenters. The molecule has 0 bridgehead atoms. The van der Waals surface area contributed by atoms with Gasteiger partial charge in [-0.25, -0.2) is 0 Å². The van der Waals surface area contributed by atoms with Crippen LogP contribution < -0.4 is 5.32 Å². The number of likely N-dealkylation sites (N-methyl/N-ethyl adjacent to an activating group) is 1. The van der Waals surface area contributed by atoms with Gasteiger partial charge in [-0.1, -0.05) is 24.6 Å². The number of halogens is 1. The van der Waals surface area contributed by atoms with Gasteiger partial charge in [-0.2, -0.15) is 0 Å². The van der Waals surface area contributed by atoms with E-state index in [9.17, 15) is 9.59 Å². The van der Waals surface area contributed by atoms with Crippen LogP contribution in [0.5, 0.6) is 0 Å². The summed E-state index contributed by atoms with van der Waals surface area (Å²) in [6.07, 6.45) is 0. The van der Waals surface area contributed by atoms with E-state index in [1.54, 1.807) is 24.0 Å². The summed E-state index contributed by atoms with van der Waals surface area (Å²) in [7, 11) is 0. The van der Waals surface area contributed by atoms with Crippen LogP contribution in [0.15, 0.2) is 18.2 Å². The Kier molecular flexibility index (Phi) is 7.19. The minimum Gasteiger partial charge on any atom is -0.465 e. The van der Waals surface area contributed by atoms with E-state index < -0.39 is 0 Å². The molecule has 0 saturated carbocycles. The normalized spacial score (nSPS) is 10.5. The Morgan fingerprint density at radius 3 is 2.57 bits per heavy atom. The summed E-state index contributed by atoms with van der Waals surface area (Å²) in [6, 6.07) is 5.42. The molecule has 0 unspecified atom stereocenters. The lowest BCUT2D eigenvalue weighted by molar-refractivity contribution is -0.144. The molecule has 1 N–H and O–H groups in total. The number of nitrogens with zero attached hydrogens (tertiary/aromatic N) is 1. The SMILES string of the molecule is CCOC(=O)CN(CC)CC(=O)Nc1ccc(C)cc1Cl. The van der Waals surface area contributed by atoms with Crippen LogP contribution in [0.25, 0.3) is 0 Å². The third-order valence-electron chi connectivity index (χ3n) is 2.87. The van der Waals surface area contributed by atoms with Crippen molar-refractivity contribution in [2.75, 3.05) is 31.6 Å². The number of carbonyl (C=O) groups excluding carboxylic acids is 2. The van der Waals surface area contributed by atoms with Crippen molar-refractivity contribution in [1.29, 1.82) is 0 Å². The zero-order valence-corrected chi connectivity index (χ0v) is 13.4. The van der Waals surface area contributed by atoms with Gasteiger partial charge in [0, 0.05) is 0 Å². The number of esters is 1. The first-order valence-electron chi connectivity index (χ1n) is 6.90. The highest BCUT2D eigenvalue weighted by atomic mass is 35.5. The van der Waals surface area contributed by atoms with Crippen LogP contribution in [-0.4, -0.2) is 43.0 Å². The van der Waals surface area contributed by atoms with Crippen molar-refractivity contribution in [3.63, 3.8) is 0 Å².